The van der Waals surface area contributed by atoms with E-state index in [4.69, 9.17) is 11.6 Å². The Balaban J connectivity index is 1.44. The van der Waals surface area contributed by atoms with Gasteiger partial charge in [0.2, 0.25) is 0 Å². The molecule has 1 heterocycles. The minimum atomic E-state index is -0.566. The largest absolute Gasteiger partial charge is 0.350 e. The average molecular weight is 623 g/mol. The number of nitrogens with one attached hydrogen (secondary N) is 2. The Morgan fingerprint density at radius 3 is 2.23 bits per heavy atom. The van der Waals surface area contributed by atoms with E-state index in [1.807, 2.05) is 12.1 Å². The molecule has 0 saturated heterocycles. The fourth-order valence-electron chi connectivity index (χ4n) is 3.78. The predicted molar refractivity (Wildman–Crippen MR) is 155 cm³/mol. The lowest BCUT2D eigenvalue weighted by Gasteiger charge is -2.15. The van der Waals surface area contributed by atoms with Crippen LogP contribution in [0.1, 0.15) is 10.4 Å². The van der Waals surface area contributed by atoms with Crippen LogP contribution in [0.25, 0.3) is 0 Å². The third-order valence-electron chi connectivity index (χ3n) is 5.66. The number of thioether (sulfide) groups is 1. The monoisotopic (exact) mass is 621 g/mol. The summed E-state index contributed by atoms with van der Waals surface area (Å²) >= 11 is 10.4. The number of imide groups is 1. The van der Waals surface area contributed by atoms with Crippen molar-refractivity contribution in [2.45, 2.75) is 4.90 Å². The van der Waals surface area contributed by atoms with Crippen LogP contribution in [-0.2, 0) is 9.59 Å². The first kappa shape index (κ1) is 26.7. The number of carbonyl (C=O) groups is 3. The Hall–Kier alpha value is -3.92. The summed E-state index contributed by atoms with van der Waals surface area (Å²) in [4.78, 5) is 41.5. The van der Waals surface area contributed by atoms with Crippen LogP contribution < -0.4 is 15.5 Å². The molecule has 0 spiro atoms. The molecule has 6 nitrogen and oxygen atoms in total. The van der Waals surface area contributed by atoms with Gasteiger partial charge in [0.15, 0.2) is 0 Å². The molecule has 1 aliphatic rings. The molecular formula is C29H18BrClFN3O3S. The van der Waals surface area contributed by atoms with Gasteiger partial charge >= 0.3 is 0 Å². The zero-order valence-corrected chi connectivity index (χ0v) is 23.1. The van der Waals surface area contributed by atoms with Crippen LogP contribution in [0, 0.1) is 5.82 Å². The Kier molecular flexibility index (Phi) is 7.83. The van der Waals surface area contributed by atoms with Gasteiger partial charge in [0.05, 0.1) is 5.69 Å². The molecule has 39 heavy (non-hydrogen) atoms. The van der Waals surface area contributed by atoms with Gasteiger partial charge in [0.1, 0.15) is 16.4 Å². The number of amides is 3. The van der Waals surface area contributed by atoms with Crippen LogP contribution in [0.2, 0.25) is 5.02 Å². The van der Waals surface area contributed by atoms with Crippen molar-refractivity contribution in [1.29, 1.82) is 0 Å². The Morgan fingerprint density at radius 2 is 1.54 bits per heavy atom. The molecule has 5 rings (SSSR count). The number of halogens is 3. The van der Waals surface area contributed by atoms with Crippen molar-refractivity contribution in [3.05, 3.63) is 129 Å². The lowest BCUT2D eigenvalue weighted by atomic mass is 10.2. The van der Waals surface area contributed by atoms with Crippen molar-refractivity contribution in [2.24, 2.45) is 0 Å². The molecule has 0 fully saturated rings. The summed E-state index contributed by atoms with van der Waals surface area (Å²) in [6.07, 6.45) is 0. The number of carbonyl (C=O) groups excluding carboxylic acids is 3. The van der Waals surface area contributed by atoms with Crippen molar-refractivity contribution in [3.63, 3.8) is 0 Å². The van der Waals surface area contributed by atoms with Gasteiger partial charge < -0.3 is 10.6 Å². The van der Waals surface area contributed by atoms with Crippen LogP contribution in [0.15, 0.2) is 117 Å². The quantitative estimate of drug-likeness (QED) is 0.209. The molecule has 0 unspecified atom stereocenters. The van der Waals surface area contributed by atoms with Gasteiger partial charge in [-0.3, -0.25) is 14.4 Å². The van der Waals surface area contributed by atoms with Crippen LogP contribution in [-0.4, -0.2) is 17.7 Å². The van der Waals surface area contributed by atoms with Gasteiger partial charge in [-0.2, -0.15) is 0 Å². The summed E-state index contributed by atoms with van der Waals surface area (Å²) in [5, 5.41) is 6.43. The van der Waals surface area contributed by atoms with Crippen molar-refractivity contribution in [1.82, 2.24) is 0 Å². The van der Waals surface area contributed by atoms with Gasteiger partial charge in [0, 0.05) is 31.3 Å². The zero-order valence-electron chi connectivity index (χ0n) is 20.0. The first-order valence-electron chi connectivity index (χ1n) is 11.5. The van der Waals surface area contributed by atoms with Crippen molar-refractivity contribution < 1.29 is 18.8 Å². The molecule has 0 atom stereocenters. The fourth-order valence-corrected chi connectivity index (χ4v) is 5.15. The smallest absolute Gasteiger partial charge is 0.283 e. The number of anilines is 3. The van der Waals surface area contributed by atoms with Gasteiger partial charge in [-0.05, 0) is 91.0 Å². The average Bonchev–Trinajstić information content (AvgIpc) is 3.15. The Labute approximate surface area is 241 Å². The van der Waals surface area contributed by atoms with Crippen LogP contribution >= 0.6 is 39.3 Å². The highest BCUT2D eigenvalue weighted by atomic mass is 79.9. The molecule has 194 valence electrons. The molecule has 0 bridgehead atoms. The van der Waals surface area contributed by atoms with Gasteiger partial charge in [-0.25, -0.2) is 9.29 Å². The minimum absolute atomic E-state index is 0.0900. The van der Waals surface area contributed by atoms with Crippen molar-refractivity contribution in [3.8, 4) is 0 Å². The normalized spacial score (nSPS) is 13.2. The van der Waals surface area contributed by atoms with Crippen LogP contribution in [0.4, 0.5) is 21.5 Å². The molecule has 1 aliphatic heterocycles. The molecule has 2 N–H and O–H groups in total. The lowest BCUT2D eigenvalue weighted by Crippen LogP contribution is -2.32. The standard InChI is InChI=1S/C29H18BrClFN3O3S/c30-18-6-12-21(13-7-18)33-25-26(29(38)35(28(25)37)23-14-10-20(32)11-15-23)39-24-3-1-2-22(16-24)34-27(36)17-4-8-19(31)9-5-17/h1-16,33H,(H,34,36). The summed E-state index contributed by atoms with van der Waals surface area (Å²) in [5.74, 6) is -1.91. The summed E-state index contributed by atoms with van der Waals surface area (Å²) in [6, 6.07) is 25.7. The van der Waals surface area contributed by atoms with Crippen LogP contribution in [0.5, 0.6) is 0 Å². The maximum atomic E-state index is 13.5. The Morgan fingerprint density at radius 1 is 0.846 bits per heavy atom. The van der Waals surface area contributed by atoms with Gasteiger partial charge in [-0.15, -0.1) is 0 Å². The van der Waals surface area contributed by atoms with E-state index in [9.17, 15) is 18.8 Å². The number of rotatable bonds is 7. The zero-order chi connectivity index (χ0) is 27.5. The first-order valence-corrected chi connectivity index (χ1v) is 13.5. The molecular weight excluding hydrogens is 605 g/mol. The van der Waals surface area contributed by atoms with E-state index in [0.717, 1.165) is 21.1 Å². The van der Waals surface area contributed by atoms with E-state index in [2.05, 4.69) is 26.6 Å². The molecule has 4 aromatic rings. The topological polar surface area (TPSA) is 78.5 Å². The van der Waals surface area contributed by atoms with E-state index < -0.39 is 17.6 Å². The van der Waals surface area contributed by atoms with E-state index in [-0.39, 0.29) is 22.2 Å². The SMILES string of the molecule is O=C(Nc1cccc(SC2=C(Nc3ccc(Br)cc3)C(=O)N(c3ccc(F)cc3)C2=O)c1)c1ccc(Cl)cc1. The molecule has 0 aliphatic carbocycles. The molecule has 4 aromatic carbocycles. The highest BCUT2D eigenvalue weighted by Gasteiger charge is 2.40. The van der Waals surface area contributed by atoms with E-state index >= 15 is 0 Å². The second kappa shape index (κ2) is 11.4. The molecule has 10 heteroatoms. The first-order chi connectivity index (χ1) is 18.8. The number of hydrogen-bond donors (Lipinski definition) is 2. The van der Waals surface area contributed by atoms with E-state index in [1.54, 1.807) is 60.7 Å². The summed E-state index contributed by atoms with van der Waals surface area (Å²) < 4.78 is 14.4. The second-order valence-electron chi connectivity index (χ2n) is 8.35. The third-order valence-corrected chi connectivity index (χ3v) is 7.51. The fraction of sp³-hybridized carbons (Fsp3) is 0. The molecule has 0 aromatic heterocycles. The molecule has 3 amide bonds. The highest BCUT2D eigenvalue weighted by molar-refractivity contribution is 9.10. The van der Waals surface area contributed by atoms with E-state index in [0.29, 0.717) is 26.9 Å². The van der Waals surface area contributed by atoms with Gasteiger partial charge in [0.25, 0.3) is 17.7 Å². The maximum absolute atomic E-state index is 13.5. The minimum Gasteiger partial charge on any atom is -0.350 e. The maximum Gasteiger partial charge on any atom is 0.283 e. The van der Waals surface area contributed by atoms with Crippen LogP contribution in [0.3, 0.4) is 0 Å². The van der Waals surface area contributed by atoms with Crippen molar-refractivity contribution in [2.75, 3.05) is 15.5 Å². The second-order valence-corrected chi connectivity index (χ2v) is 10.8. The van der Waals surface area contributed by atoms with Gasteiger partial charge in [-0.1, -0.05) is 45.4 Å². The summed E-state index contributed by atoms with van der Waals surface area (Å²) in [7, 11) is 0. The van der Waals surface area contributed by atoms with E-state index in [1.165, 1.54) is 24.3 Å². The summed E-state index contributed by atoms with van der Waals surface area (Å²) in [6.45, 7) is 0. The number of nitrogens with zero attached hydrogens (tertiary/aromatic N) is 1. The molecule has 0 radical (unpaired) electrons. The third kappa shape index (κ3) is 6.06. The van der Waals surface area contributed by atoms with Crippen molar-refractivity contribution >= 4 is 74.1 Å². The predicted octanol–water partition coefficient (Wildman–Crippen LogP) is 7.48. The number of benzene rings is 4. The number of hydrogen-bond acceptors (Lipinski definition) is 5. The molecule has 0 saturated carbocycles. The highest BCUT2D eigenvalue weighted by Crippen LogP contribution is 2.38. The summed E-state index contributed by atoms with van der Waals surface area (Å²) in [5.41, 5.74) is 1.90. The lowest BCUT2D eigenvalue weighted by molar-refractivity contribution is -0.120. The Bertz CT molecular complexity index is 1610.